The summed E-state index contributed by atoms with van der Waals surface area (Å²) in [6.07, 6.45) is 6.94. The van der Waals surface area contributed by atoms with E-state index in [0.717, 1.165) is 6.04 Å². The molecule has 0 amide bonds. The predicted octanol–water partition coefficient (Wildman–Crippen LogP) is 4.29. The van der Waals surface area contributed by atoms with Crippen LogP contribution in [0.15, 0.2) is 18.2 Å². The van der Waals surface area contributed by atoms with Crippen LogP contribution in [0, 0.1) is 13.8 Å². The largest absolute Gasteiger partial charge is 0.307 e. The average Bonchev–Trinajstić information content (AvgIpc) is 2.29. The van der Waals surface area contributed by atoms with Gasteiger partial charge in [0.2, 0.25) is 0 Å². The van der Waals surface area contributed by atoms with E-state index in [1.807, 2.05) is 0 Å². The molecule has 1 aliphatic carbocycles. The van der Waals surface area contributed by atoms with Gasteiger partial charge in [0.25, 0.3) is 0 Å². The van der Waals surface area contributed by atoms with E-state index in [-0.39, 0.29) is 0 Å². The zero-order valence-electron chi connectivity index (χ0n) is 11.4. The molecule has 94 valence electrons. The molecular weight excluding hydrogens is 206 g/mol. The van der Waals surface area contributed by atoms with E-state index in [4.69, 9.17) is 0 Å². The van der Waals surface area contributed by atoms with Crippen molar-refractivity contribution in [3.8, 4) is 0 Å². The van der Waals surface area contributed by atoms with E-state index in [1.165, 1.54) is 48.8 Å². The quantitative estimate of drug-likeness (QED) is 0.818. The lowest BCUT2D eigenvalue weighted by molar-refractivity contribution is 0.347. The van der Waals surface area contributed by atoms with Crippen LogP contribution in [0.4, 0.5) is 0 Å². The zero-order chi connectivity index (χ0) is 12.3. The van der Waals surface area contributed by atoms with Crippen molar-refractivity contribution in [1.29, 1.82) is 0 Å². The smallest absolute Gasteiger partial charge is 0.0294 e. The molecular formula is C16H25N. The van der Waals surface area contributed by atoms with Gasteiger partial charge in [0, 0.05) is 12.1 Å². The summed E-state index contributed by atoms with van der Waals surface area (Å²) in [7, 11) is 0. The number of nitrogens with one attached hydrogen (secondary N) is 1. The average molecular weight is 231 g/mol. The van der Waals surface area contributed by atoms with Crippen LogP contribution in [0.2, 0.25) is 0 Å². The minimum absolute atomic E-state index is 0.483. The second-order valence-electron chi connectivity index (χ2n) is 5.64. The number of rotatable bonds is 3. The molecule has 1 fully saturated rings. The fourth-order valence-electron chi connectivity index (χ4n) is 2.98. The van der Waals surface area contributed by atoms with E-state index < -0.39 is 0 Å². The number of hydrogen-bond donors (Lipinski definition) is 1. The van der Waals surface area contributed by atoms with Gasteiger partial charge in [-0.15, -0.1) is 0 Å². The maximum atomic E-state index is 3.79. The van der Waals surface area contributed by atoms with Gasteiger partial charge in [-0.05, 0) is 39.2 Å². The van der Waals surface area contributed by atoms with Gasteiger partial charge >= 0.3 is 0 Å². The van der Waals surface area contributed by atoms with Crippen LogP contribution in [-0.2, 0) is 0 Å². The molecule has 0 saturated heterocycles. The standard InChI is InChI=1S/C16H25N/c1-12-9-13(2)11-15(10-12)14(3)17-16-7-5-4-6-8-16/h9-11,14,16-17H,4-8H2,1-3H3. The van der Waals surface area contributed by atoms with Gasteiger partial charge in [0.05, 0.1) is 0 Å². The summed E-state index contributed by atoms with van der Waals surface area (Å²) in [6.45, 7) is 6.66. The highest BCUT2D eigenvalue weighted by atomic mass is 14.9. The molecule has 0 spiro atoms. The number of aryl methyl sites for hydroxylation is 2. The van der Waals surface area contributed by atoms with E-state index in [0.29, 0.717) is 6.04 Å². The predicted molar refractivity (Wildman–Crippen MR) is 74.3 cm³/mol. The van der Waals surface area contributed by atoms with Crippen molar-refractivity contribution in [3.63, 3.8) is 0 Å². The van der Waals surface area contributed by atoms with Gasteiger partial charge in [-0.25, -0.2) is 0 Å². The fourth-order valence-corrected chi connectivity index (χ4v) is 2.98. The van der Waals surface area contributed by atoms with Crippen LogP contribution in [0.5, 0.6) is 0 Å². The Kier molecular flexibility index (Phi) is 4.22. The van der Waals surface area contributed by atoms with Crippen LogP contribution >= 0.6 is 0 Å². The molecule has 0 radical (unpaired) electrons. The lowest BCUT2D eigenvalue weighted by Crippen LogP contribution is -2.33. The Hall–Kier alpha value is -0.820. The molecule has 1 heteroatoms. The second-order valence-corrected chi connectivity index (χ2v) is 5.64. The third kappa shape index (κ3) is 3.57. The molecule has 0 bridgehead atoms. The Balaban J connectivity index is 2.00. The van der Waals surface area contributed by atoms with E-state index in [9.17, 15) is 0 Å². The third-order valence-electron chi connectivity index (χ3n) is 3.83. The monoisotopic (exact) mass is 231 g/mol. The molecule has 1 N–H and O–H groups in total. The normalized spacial score (nSPS) is 19.2. The second kappa shape index (κ2) is 5.68. The minimum atomic E-state index is 0.483. The Labute approximate surface area is 106 Å². The van der Waals surface area contributed by atoms with Gasteiger partial charge < -0.3 is 5.32 Å². The first kappa shape index (κ1) is 12.6. The molecule has 0 aliphatic heterocycles. The molecule has 0 heterocycles. The maximum Gasteiger partial charge on any atom is 0.0294 e. The molecule has 1 nitrogen and oxygen atoms in total. The van der Waals surface area contributed by atoms with Gasteiger partial charge in [0.1, 0.15) is 0 Å². The highest BCUT2D eigenvalue weighted by Gasteiger charge is 2.16. The maximum absolute atomic E-state index is 3.79. The lowest BCUT2D eigenvalue weighted by Gasteiger charge is -2.27. The van der Waals surface area contributed by atoms with Crippen LogP contribution in [0.3, 0.4) is 0 Å². The SMILES string of the molecule is Cc1cc(C)cc(C(C)NC2CCCCC2)c1. The highest BCUT2D eigenvalue weighted by molar-refractivity contribution is 5.30. The van der Waals surface area contributed by atoms with Crippen molar-refractivity contribution in [3.05, 3.63) is 34.9 Å². The molecule has 1 aromatic rings. The summed E-state index contributed by atoms with van der Waals surface area (Å²) in [4.78, 5) is 0. The highest BCUT2D eigenvalue weighted by Crippen LogP contribution is 2.22. The Morgan fingerprint density at radius 3 is 2.18 bits per heavy atom. The summed E-state index contributed by atoms with van der Waals surface area (Å²) in [6, 6.07) is 8.09. The number of benzene rings is 1. The van der Waals surface area contributed by atoms with E-state index in [2.05, 4.69) is 44.3 Å². The Morgan fingerprint density at radius 1 is 1.00 bits per heavy atom. The zero-order valence-corrected chi connectivity index (χ0v) is 11.4. The molecule has 1 saturated carbocycles. The van der Waals surface area contributed by atoms with Crippen molar-refractivity contribution in [1.82, 2.24) is 5.32 Å². The van der Waals surface area contributed by atoms with Gasteiger partial charge in [-0.3, -0.25) is 0 Å². The van der Waals surface area contributed by atoms with Crippen molar-refractivity contribution >= 4 is 0 Å². The van der Waals surface area contributed by atoms with Crippen molar-refractivity contribution < 1.29 is 0 Å². The third-order valence-corrected chi connectivity index (χ3v) is 3.83. The first-order chi connectivity index (χ1) is 8.15. The Bertz CT molecular complexity index is 344. The molecule has 1 unspecified atom stereocenters. The van der Waals surface area contributed by atoms with Crippen LogP contribution < -0.4 is 5.32 Å². The molecule has 1 atom stereocenters. The minimum Gasteiger partial charge on any atom is -0.307 e. The van der Waals surface area contributed by atoms with Gasteiger partial charge in [-0.2, -0.15) is 0 Å². The summed E-state index contributed by atoms with van der Waals surface area (Å²) >= 11 is 0. The van der Waals surface area contributed by atoms with Gasteiger partial charge in [-0.1, -0.05) is 48.6 Å². The summed E-state index contributed by atoms with van der Waals surface area (Å²) in [5.41, 5.74) is 4.18. The van der Waals surface area contributed by atoms with E-state index in [1.54, 1.807) is 0 Å². The first-order valence-corrected chi connectivity index (χ1v) is 6.99. The van der Waals surface area contributed by atoms with Crippen molar-refractivity contribution in [2.75, 3.05) is 0 Å². The summed E-state index contributed by atoms with van der Waals surface area (Å²) in [5.74, 6) is 0. The number of hydrogen-bond acceptors (Lipinski definition) is 1. The van der Waals surface area contributed by atoms with Gasteiger partial charge in [0.15, 0.2) is 0 Å². The molecule has 1 aromatic carbocycles. The van der Waals surface area contributed by atoms with Crippen molar-refractivity contribution in [2.45, 2.75) is 65.0 Å². The fraction of sp³-hybridized carbons (Fsp3) is 0.625. The van der Waals surface area contributed by atoms with Crippen LogP contribution in [-0.4, -0.2) is 6.04 Å². The van der Waals surface area contributed by atoms with Crippen LogP contribution in [0.25, 0.3) is 0 Å². The topological polar surface area (TPSA) is 12.0 Å². The molecule has 0 aromatic heterocycles. The first-order valence-electron chi connectivity index (χ1n) is 6.99. The molecule has 2 rings (SSSR count). The Morgan fingerprint density at radius 2 is 1.59 bits per heavy atom. The molecule has 17 heavy (non-hydrogen) atoms. The lowest BCUT2D eigenvalue weighted by atomic mass is 9.94. The summed E-state index contributed by atoms with van der Waals surface area (Å²) in [5, 5.41) is 3.79. The van der Waals surface area contributed by atoms with E-state index >= 15 is 0 Å². The molecule has 1 aliphatic rings. The summed E-state index contributed by atoms with van der Waals surface area (Å²) < 4.78 is 0. The van der Waals surface area contributed by atoms with Crippen LogP contribution in [0.1, 0.15) is 61.8 Å². The van der Waals surface area contributed by atoms with Crippen molar-refractivity contribution in [2.24, 2.45) is 0 Å².